The van der Waals surface area contributed by atoms with Crippen LogP contribution >= 0.6 is 11.6 Å². The van der Waals surface area contributed by atoms with Crippen LogP contribution in [0.3, 0.4) is 0 Å². The van der Waals surface area contributed by atoms with Crippen LogP contribution in [0.25, 0.3) is 0 Å². The molecule has 3 rings (SSSR count). The number of aryl methyl sites for hydroxylation is 2. The highest BCUT2D eigenvalue weighted by Crippen LogP contribution is 2.27. The van der Waals surface area contributed by atoms with Gasteiger partial charge in [0.1, 0.15) is 5.75 Å². The van der Waals surface area contributed by atoms with E-state index in [0.29, 0.717) is 36.6 Å². The van der Waals surface area contributed by atoms with Crippen molar-refractivity contribution in [1.29, 1.82) is 0 Å². The fourth-order valence-electron chi connectivity index (χ4n) is 2.81. The lowest BCUT2D eigenvalue weighted by Gasteiger charge is -2.17. The van der Waals surface area contributed by atoms with E-state index in [9.17, 15) is 9.59 Å². The first-order chi connectivity index (χ1) is 12.5. The molecule has 0 unspecified atom stereocenters. The van der Waals surface area contributed by atoms with E-state index in [-0.39, 0.29) is 11.8 Å². The van der Waals surface area contributed by atoms with E-state index < -0.39 is 0 Å². The Labute approximate surface area is 157 Å². The average molecular weight is 373 g/mol. The fraction of sp³-hybridized carbons (Fsp3) is 0.300. The molecule has 1 aliphatic heterocycles. The molecule has 2 aromatic rings. The van der Waals surface area contributed by atoms with Crippen molar-refractivity contribution in [3.8, 4) is 5.75 Å². The molecule has 0 saturated carbocycles. The average Bonchev–Trinajstić information content (AvgIpc) is 2.61. The molecular formula is C20H21ClN2O3. The maximum Gasteiger partial charge on any atom is 0.224 e. The number of halogens is 1. The molecule has 26 heavy (non-hydrogen) atoms. The summed E-state index contributed by atoms with van der Waals surface area (Å²) < 4.78 is 5.72. The minimum atomic E-state index is -0.0903. The lowest BCUT2D eigenvalue weighted by Crippen LogP contribution is -2.18. The van der Waals surface area contributed by atoms with Crippen LogP contribution in [0.5, 0.6) is 5.75 Å². The van der Waals surface area contributed by atoms with Gasteiger partial charge in [-0.3, -0.25) is 9.59 Å². The smallest absolute Gasteiger partial charge is 0.224 e. The molecule has 1 aliphatic rings. The lowest BCUT2D eigenvalue weighted by atomic mass is 10.0. The number of hydrogen-bond donors (Lipinski definition) is 2. The van der Waals surface area contributed by atoms with Gasteiger partial charge in [0.25, 0.3) is 0 Å². The van der Waals surface area contributed by atoms with Gasteiger partial charge in [0.15, 0.2) is 0 Å². The van der Waals surface area contributed by atoms with Crippen LogP contribution in [0.15, 0.2) is 36.4 Å². The molecular weight excluding hydrogens is 352 g/mol. The predicted molar refractivity (Wildman–Crippen MR) is 103 cm³/mol. The van der Waals surface area contributed by atoms with Crippen LogP contribution in [0, 0.1) is 6.92 Å². The minimum Gasteiger partial charge on any atom is -0.494 e. The summed E-state index contributed by atoms with van der Waals surface area (Å²) in [6, 6.07) is 11.2. The van der Waals surface area contributed by atoms with Crippen LogP contribution in [0.4, 0.5) is 11.4 Å². The van der Waals surface area contributed by atoms with E-state index in [1.807, 2.05) is 37.3 Å². The van der Waals surface area contributed by atoms with Crippen LogP contribution in [0.1, 0.15) is 30.4 Å². The zero-order valence-corrected chi connectivity index (χ0v) is 15.4. The summed E-state index contributed by atoms with van der Waals surface area (Å²) in [4.78, 5) is 23.4. The van der Waals surface area contributed by atoms with Crippen molar-refractivity contribution in [3.63, 3.8) is 0 Å². The van der Waals surface area contributed by atoms with Crippen LogP contribution in [-0.4, -0.2) is 18.4 Å². The first kappa shape index (κ1) is 18.3. The molecule has 0 saturated heterocycles. The van der Waals surface area contributed by atoms with E-state index in [4.69, 9.17) is 16.3 Å². The van der Waals surface area contributed by atoms with Crippen LogP contribution < -0.4 is 15.4 Å². The minimum absolute atomic E-state index is 0.0471. The number of rotatable bonds is 6. The van der Waals surface area contributed by atoms with Gasteiger partial charge >= 0.3 is 0 Å². The van der Waals surface area contributed by atoms with Gasteiger partial charge in [-0.1, -0.05) is 17.7 Å². The molecule has 0 atom stereocenters. The predicted octanol–water partition coefficient (Wildman–Crippen LogP) is 4.33. The van der Waals surface area contributed by atoms with E-state index in [0.717, 1.165) is 29.0 Å². The summed E-state index contributed by atoms with van der Waals surface area (Å²) in [7, 11) is 0. The Morgan fingerprint density at radius 2 is 2.08 bits per heavy atom. The first-order valence-corrected chi connectivity index (χ1v) is 9.00. The Hall–Kier alpha value is -2.53. The maximum atomic E-state index is 12.0. The number of hydrogen-bond acceptors (Lipinski definition) is 3. The van der Waals surface area contributed by atoms with Gasteiger partial charge in [-0.15, -0.1) is 0 Å². The van der Waals surface area contributed by atoms with Crippen molar-refractivity contribution in [2.75, 3.05) is 17.2 Å². The monoisotopic (exact) mass is 372 g/mol. The maximum absolute atomic E-state index is 12.0. The van der Waals surface area contributed by atoms with Crippen molar-refractivity contribution in [2.24, 2.45) is 0 Å². The molecule has 5 nitrogen and oxygen atoms in total. The number of carbonyl (C=O) groups excluding carboxylic acids is 2. The number of nitrogens with one attached hydrogen (secondary N) is 2. The van der Waals surface area contributed by atoms with E-state index in [1.54, 1.807) is 6.07 Å². The molecule has 0 aliphatic carbocycles. The Balaban J connectivity index is 1.44. The number of anilines is 2. The Bertz CT molecular complexity index is 836. The lowest BCUT2D eigenvalue weighted by molar-refractivity contribution is -0.117. The summed E-state index contributed by atoms with van der Waals surface area (Å²) in [5.41, 5.74) is 3.60. The van der Waals surface area contributed by atoms with Crippen molar-refractivity contribution in [1.82, 2.24) is 0 Å². The third-order valence-electron chi connectivity index (χ3n) is 4.19. The standard InChI is InChI=1S/C20H21ClN2O3/c1-13-4-7-18(16(21)11-13)23-19(24)3-2-10-26-15-6-8-17-14(12-15)5-9-20(25)22-17/h4,6-8,11-12H,2-3,5,9-10H2,1H3,(H,22,25)(H,23,24). The molecule has 6 heteroatoms. The first-order valence-electron chi connectivity index (χ1n) is 8.63. The van der Waals surface area contributed by atoms with Gasteiger partial charge in [0.05, 0.1) is 17.3 Å². The quantitative estimate of drug-likeness (QED) is 0.741. The van der Waals surface area contributed by atoms with Gasteiger partial charge in [0, 0.05) is 18.5 Å². The summed E-state index contributed by atoms with van der Waals surface area (Å²) in [6.07, 6.45) is 2.17. The summed E-state index contributed by atoms with van der Waals surface area (Å²) >= 11 is 6.12. The van der Waals surface area contributed by atoms with Crippen molar-refractivity contribution in [2.45, 2.75) is 32.6 Å². The molecule has 136 valence electrons. The molecule has 0 aromatic heterocycles. The Kier molecular flexibility index (Phi) is 5.78. The molecule has 2 N–H and O–H groups in total. The molecule has 0 fully saturated rings. The second-order valence-corrected chi connectivity index (χ2v) is 6.76. The zero-order valence-electron chi connectivity index (χ0n) is 14.6. The molecule has 2 aromatic carbocycles. The fourth-order valence-corrected chi connectivity index (χ4v) is 3.09. The number of carbonyl (C=O) groups is 2. The Morgan fingerprint density at radius 1 is 1.23 bits per heavy atom. The van der Waals surface area contributed by atoms with Crippen molar-refractivity contribution >= 4 is 34.8 Å². The topological polar surface area (TPSA) is 67.4 Å². The van der Waals surface area contributed by atoms with Crippen molar-refractivity contribution in [3.05, 3.63) is 52.5 Å². The summed E-state index contributed by atoms with van der Waals surface area (Å²) in [6.45, 7) is 2.39. The van der Waals surface area contributed by atoms with Crippen LogP contribution in [0.2, 0.25) is 5.02 Å². The third-order valence-corrected chi connectivity index (χ3v) is 4.50. The highest BCUT2D eigenvalue weighted by molar-refractivity contribution is 6.33. The SMILES string of the molecule is Cc1ccc(NC(=O)CCCOc2ccc3c(c2)CCC(=O)N3)c(Cl)c1. The highest BCUT2D eigenvalue weighted by atomic mass is 35.5. The number of ether oxygens (including phenoxy) is 1. The number of amides is 2. The summed E-state index contributed by atoms with van der Waals surface area (Å²) in [5, 5.41) is 6.19. The normalized spacial score (nSPS) is 12.9. The van der Waals surface area contributed by atoms with E-state index >= 15 is 0 Å². The third kappa shape index (κ3) is 4.76. The molecule has 0 spiro atoms. The van der Waals surface area contributed by atoms with Gasteiger partial charge in [0.2, 0.25) is 11.8 Å². The molecule has 0 bridgehead atoms. The van der Waals surface area contributed by atoms with E-state index in [2.05, 4.69) is 10.6 Å². The van der Waals surface area contributed by atoms with Gasteiger partial charge in [-0.2, -0.15) is 0 Å². The van der Waals surface area contributed by atoms with Gasteiger partial charge in [-0.25, -0.2) is 0 Å². The molecule has 0 radical (unpaired) electrons. The summed E-state index contributed by atoms with van der Waals surface area (Å²) in [5.74, 6) is 0.709. The number of fused-ring (bicyclic) bond motifs is 1. The van der Waals surface area contributed by atoms with Gasteiger partial charge in [-0.05, 0) is 61.2 Å². The van der Waals surface area contributed by atoms with Gasteiger partial charge < -0.3 is 15.4 Å². The highest BCUT2D eigenvalue weighted by Gasteiger charge is 2.15. The Morgan fingerprint density at radius 3 is 2.88 bits per heavy atom. The zero-order chi connectivity index (χ0) is 18.5. The van der Waals surface area contributed by atoms with E-state index in [1.165, 1.54) is 0 Å². The largest absolute Gasteiger partial charge is 0.494 e. The van der Waals surface area contributed by atoms with Crippen molar-refractivity contribution < 1.29 is 14.3 Å². The molecule has 1 heterocycles. The second-order valence-electron chi connectivity index (χ2n) is 6.35. The number of benzene rings is 2. The second kappa shape index (κ2) is 8.23. The molecule has 2 amide bonds. The van der Waals surface area contributed by atoms with Crippen LogP contribution in [-0.2, 0) is 16.0 Å².